The van der Waals surface area contributed by atoms with E-state index in [4.69, 9.17) is 4.74 Å². The normalized spacial score (nSPS) is 17.9. The van der Waals surface area contributed by atoms with Crippen molar-refractivity contribution in [3.8, 4) is 0 Å². The third kappa shape index (κ3) is 4.95. The van der Waals surface area contributed by atoms with E-state index in [-0.39, 0.29) is 12.1 Å². The number of likely N-dealkylation sites (N-methyl/N-ethyl adjacent to an activating group) is 1. The fourth-order valence-corrected chi connectivity index (χ4v) is 2.54. The Morgan fingerprint density at radius 3 is 2.50 bits per heavy atom. The third-order valence-corrected chi connectivity index (χ3v) is 3.62. The Balaban J connectivity index is 1.84. The smallest absolute Gasteiger partial charge is 0.161 e. The molecule has 0 amide bonds. The van der Waals surface area contributed by atoms with Crippen molar-refractivity contribution >= 4 is 0 Å². The topological polar surface area (TPSA) is 35.9 Å². The number of rotatable bonds is 6. The molecule has 0 bridgehead atoms. The standard InChI is InChI=1S/C15H21F3N2O2/c1-19(8-11-6-14(17)15(18)7-13(11)16)9-12(21)10-20-2-4-22-5-3-20/h6-7,12,21H,2-5,8-10H2,1H3. The van der Waals surface area contributed by atoms with E-state index in [1.54, 1.807) is 11.9 Å². The van der Waals surface area contributed by atoms with Crippen LogP contribution in [-0.4, -0.2) is 67.5 Å². The number of aliphatic hydroxyl groups is 1. The molecule has 1 aromatic carbocycles. The summed E-state index contributed by atoms with van der Waals surface area (Å²) in [6.45, 7) is 3.79. The van der Waals surface area contributed by atoms with Gasteiger partial charge in [-0.2, -0.15) is 0 Å². The van der Waals surface area contributed by atoms with Gasteiger partial charge in [-0.1, -0.05) is 0 Å². The van der Waals surface area contributed by atoms with Gasteiger partial charge in [-0.3, -0.25) is 9.80 Å². The lowest BCUT2D eigenvalue weighted by Crippen LogP contribution is -2.44. The van der Waals surface area contributed by atoms with Gasteiger partial charge in [0.15, 0.2) is 11.6 Å². The number of halogens is 3. The Morgan fingerprint density at radius 1 is 1.18 bits per heavy atom. The minimum atomic E-state index is -1.20. The van der Waals surface area contributed by atoms with E-state index in [1.165, 1.54) is 0 Å². The Bertz CT molecular complexity index is 496. The summed E-state index contributed by atoms with van der Waals surface area (Å²) >= 11 is 0. The van der Waals surface area contributed by atoms with Gasteiger partial charge in [0.2, 0.25) is 0 Å². The summed E-state index contributed by atoms with van der Waals surface area (Å²) in [5.41, 5.74) is 0.0694. The van der Waals surface area contributed by atoms with Crippen molar-refractivity contribution in [2.45, 2.75) is 12.6 Å². The van der Waals surface area contributed by atoms with Gasteiger partial charge < -0.3 is 9.84 Å². The van der Waals surface area contributed by atoms with Crippen LogP contribution in [0.4, 0.5) is 13.2 Å². The van der Waals surface area contributed by atoms with Crippen LogP contribution >= 0.6 is 0 Å². The molecular formula is C15H21F3N2O2. The van der Waals surface area contributed by atoms with Crippen LogP contribution < -0.4 is 0 Å². The molecule has 1 saturated heterocycles. The van der Waals surface area contributed by atoms with Crippen molar-refractivity contribution in [2.75, 3.05) is 46.4 Å². The van der Waals surface area contributed by atoms with Crippen LogP contribution in [0.2, 0.25) is 0 Å². The van der Waals surface area contributed by atoms with Crippen LogP contribution in [0, 0.1) is 17.5 Å². The van der Waals surface area contributed by atoms with Gasteiger partial charge in [0.25, 0.3) is 0 Å². The summed E-state index contributed by atoms with van der Waals surface area (Å²) in [5.74, 6) is -3.05. The molecular weight excluding hydrogens is 297 g/mol. The molecule has 1 atom stereocenters. The van der Waals surface area contributed by atoms with Gasteiger partial charge >= 0.3 is 0 Å². The SMILES string of the molecule is CN(Cc1cc(F)c(F)cc1F)CC(O)CN1CCOCC1. The van der Waals surface area contributed by atoms with Gasteiger partial charge in [0.05, 0.1) is 19.3 Å². The Kier molecular flexibility index (Phi) is 6.19. The molecule has 124 valence electrons. The lowest BCUT2D eigenvalue weighted by molar-refractivity contribution is 0.00819. The van der Waals surface area contributed by atoms with Crippen LogP contribution in [0.3, 0.4) is 0 Å². The molecule has 4 nitrogen and oxygen atoms in total. The lowest BCUT2D eigenvalue weighted by Gasteiger charge is -2.30. The van der Waals surface area contributed by atoms with Crippen LogP contribution in [0.1, 0.15) is 5.56 Å². The van der Waals surface area contributed by atoms with Crippen molar-refractivity contribution in [3.63, 3.8) is 0 Å². The maximum atomic E-state index is 13.6. The molecule has 0 radical (unpaired) electrons. The summed E-state index contributed by atoms with van der Waals surface area (Å²) in [4.78, 5) is 3.78. The zero-order valence-corrected chi connectivity index (χ0v) is 12.6. The monoisotopic (exact) mass is 318 g/mol. The number of nitrogens with zero attached hydrogens (tertiary/aromatic N) is 2. The molecule has 2 rings (SSSR count). The third-order valence-electron chi connectivity index (χ3n) is 3.62. The summed E-state index contributed by atoms with van der Waals surface area (Å²) in [5, 5.41) is 10.1. The van der Waals surface area contributed by atoms with Gasteiger partial charge in [-0.25, -0.2) is 13.2 Å². The van der Waals surface area contributed by atoms with Crippen LogP contribution in [0.15, 0.2) is 12.1 Å². The number of benzene rings is 1. The summed E-state index contributed by atoms with van der Waals surface area (Å²) in [7, 11) is 1.70. The van der Waals surface area contributed by atoms with Crippen LogP contribution in [-0.2, 0) is 11.3 Å². The van der Waals surface area contributed by atoms with Gasteiger partial charge in [-0.05, 0) is 13.1 Å². The van der Waals surface area contributed by atoms with Gasteiger partial charge in [0.1, 0.15) is 5.82 Å². The fraction of sp³-hybridized carbons (Fsp3) is 0.600. The first-order valence-corrected chi connectivity index (χ1v) is 7.26. The highest BCUT2D eigenvalue weighted by atomic mass is 19.2. The lowest BCUT2D eigenvalue weighted by atomic mass is 10.2. The number of β-amino-alcohol motifs (C(OH)–C–C–N with tert-alkyl or cyclic N) is 1. The van der Waals surface area contributed by atoms with E-state index in [0.717, 1.165) is 19.2 Å². The highest BCUT2D eigenvalue weighted by molar-refractivity contribution is 5.20. The van der Waals surface area contributed by atoms with Gasteiger partial charge in [0, 0.05) is 44.4 Å². The van der Waals surface area contributed by atoms with Crippen molar-refractivity contribution < 1.29 is 23.0 Å². The van der Waals surface area contributed by atoms with E-state index < -0.39 is 23.6 Å². The maximum Gasteiger partial charge on any atom is 0.161 e. The highest BCUT2D eigenvalue weighted by Crippen LogP contribution is 2.15. The molecule has 22 heavy (non-hydrogen) atoms. The first-order chi connectivity index (χ1) is 10.5. The number of hydrogen-bond acceptors (Lipinski definition) is 4. The summed E-state index contributed by atoms with van der Waals surface area (Å²) < 4.78 is 44.9. The summed E-state index contributed by atoms with van der Waals surface area (Å²) in [6.07, 6.45) is -0.601. The number of hydrogen-bond donors (Lipinski definition) is 1. The molecule has 1 aliphatic heterocycles. The Labute approximate surface area is 128 Å². The van der Waals surface area contributed by atoms with E-state index >= 15 is 0 Å². The second-order valence-electron chi connectivity index (χ2n) is 5.62. The first kappa shape index (κ1) is 17.2. The van der Waals surface area contributed by atoms with Crippen LogP contribution in [0.25, 0.3) is 0 Å². The molecule has 0 saturated carbocycles. The van der Waals surface area contributed by atoms with Crippen LogP contribution in [0.5, 0.6) is 0 Å². The molecule has 1 aliphatic rings. The average molecular weight is 318 g/mol. The largest absolute Gasteiger partial charge is 0.390 e. The summed E-state index contributed by atoms with van der Waals surface area (Å²) in [6, 6.07) is 1.40. The zero-order valence-electron chi connectivity index (χ0n) is 12.6. The average Bonchev–Trinajstić information content (AvgIpc) is 2.45. The predicted octanol–water partition coefficient (Wildman–Crippen LogP) is 1.23. The van der Waals surface area contributed by atoms with E-state index in [1.807, 2.05) is 0 Å². The molecule has 1 heterocycles. The molecule has 7 heteroatoms. The maximum absolute atomic E-state index is 13.6. The number of morpholine rings is 1. The van der Waals surface area contributed by atoms with E-state index in [0.29, 0.717) is 32.4 Å². The molecule has 0 aromatic heterocycles. The van der Waals surface area contributed by atoms with E-state index in [2.05, 4.69) is 4.90 Å². The molecule has 1 unspecified atom stereocenters. The molecule has 0 aliphatic carbocycles. The second-order valence-corrected chi connectivity index (χ2v) is 5.62. The molecule has 1 fully saturated rings. The minimum Gasteiger partial charge on any atom is -0.390 e. The molecule has 1 N–H and O–H groups in total. The van der Waals surface area contributed by atoms with Crippen molar-refractivity contribution in [1.82, 2.24) is 9.80 Å². The Morgan fingerprint density at radius 2 is 1.82 bits per heavy atom. The van der Waals surface area contributed by atoms with Crippen molar-refractivity contribution in [3.05, 3.63) is 35.1 Å². The fourth-order valence-electron chi connectivity index (χ4n) is 2.54. The second kappa shape index (κ2) is 7.92. The first-order valence-electron chi connectivity index (χ1n) is 7.26. The highest BCUT2D eigenvalue weighted by Gasteiger charge is 2.17. The number of ether oxygens (including phenoxy) is 1. The van der Waals surface area contributed by atoms with E-state index in [9.17, 15) is 18.3 Å². The number of aliphatic hydroxyl groups excluding tert-OH is 1. The predicted molar refractivity (Wildman–Crippen MR) is 75.9 cm³/mol. The van der Waals surface area contributed by atoms with Crippen molar-refractivity contribution in [2.24, 2.45) is 0 Å². The van der Waals surface area contributed by atoms with Crippen molar-refractivity contribution in [1.29, 1.82) is 0 Å². The zero-order chi connectivity index (χ0) is 16.1. The quantitative estimate of drug-likeness (QED) is 0.801. The molecule has 0 spiro atoms. The minimum absolute atomic E-state index is 0.0694. The Hall–Kier alpha value is -1.15. The van der Waals surface area contributed by atoms with Gasteiger partial charge in [-0.15, -0.1) is 0 Å². The molecule has 1 aromatic rings.